The molecule has 0 saturated heterocycles. The molecule has 2 amide bonds. The summed E-state index contributed by atoms with van der Waals surface area (Å²) in [5, 5.41) is 12.3. The van der Waals surface area contributed by atoms with Crippen molar-refractivity contribution in [2.45, 2.75) is 38.3 Å². The third-order valence-electron chi connectivity index (χ3n) is 3.98. The van der Waals surface area contributed by atoms with Gasteiger partial charge in [0.15, 0.2) is 5.82 Å². The first-order valence-electron chi connectivity index (χ1n) is 7.92. The lowest BCUT2D eigenvalue weighted by atomic mass is 9.94. The molecule has 0 aromatic carbocycles. The molecule has 1 aliphatic carbocycles. The average molecular weight is 334 g/mol. The molecule has 7 heteroatoms. The predicted octanol–water partition coefficient (Wildman–Crippen LogP) is 3.18. The highest BCUT2D eigenvalue weighted by Gasteiger charge is 2.22. The number of carbonyl (C=O) groups excluding carboxylic acids is 1. The summed E-state index contributed by atoms with van der Waals surface area (Å²) in [6, 6.07) is 3.84. The third kappa shape index (κ3) is 4.11. The lowest BCUT2D eigenvalue weighted by molar-refractivity contribution is 0.189. The maximum atomic E-state index is 12.2. The van der Waals surface area contributed by atoms with E-state index in [2.05, 4.69) is 27.2 Å². The molecular weight excluding hydrogens is 312 g/mol. The molecule has 2 heterocycles. The number of hydrogen-bond acceptors (Lipinski definition) is 4. The minimum atomic E-state index is -0.198. The van der Waals surface area contributed by atoms with Crippen LogP contribution in [0.25, 0.3) is 0 Å². The van der Waals surface area contributed by atoms with Gasteiger partial charge in [-0.25, -0.2) is 4.79 Å². The molecule has 0 fully saturated rings. The van der Waals surface area contributed by atoms with Crippen molar-refractivity contribution >= 4 is 23.2 Å². The normalized spacial score (nSPS) is 16.8. The van der Waals surface area contributed by atoms with Crippen LogP contribution in [0.4, 0.5) is 10.6 Å². The van der Waals surface area contributed by atoms with Crippen molar-refractivity contribution in [2.24, 2.45) is 0 Å². The molecule has 6 nitrogen and oxygen atoms in total. The fourth-order valence-corrected chi connectivity index (χ4v) is 3.86. The van der Waals surface area contributed by atoms with Crippen molar-refractivity contribution in [1.82, 2.24) is 15.1 Å². The van der Waals surface area contributed by atoms with Gasteiger partial charge in [0.1, 0.15) is 0 Å². The number of thiophene rings is 1. The zero-order valence-electron chi connectivity index (χ0n) is 13.2. The average Bonchev–Trinajstić information content (AvgIpc) is 3.17. The Labute approximate surface area is 139 Å². The van der Waals surface area contributed by atoms with E-state index in [4.69, 9.17) is 4.74 Å². The van der Waals surface area contributed by atoms with E-state index in [1.165, 1.54) is 10.4 Å². The second-order valence-electron chi connectivity index (χ2n) is 5.65. The van der Waals surface area contributed by atoms with Crippen LogP contribution in [-0.4, -0.2) is 29.5 Å². The van der Waals surface area contributed by atoms with E-state index in [0.29, 0.717) is 12.4 Å². The molecule has 0 unspecified atom stereocenters. The van der Waals surface area contributed by atoms with Gasteiger partial charge >= 0.3 is 6.03 Å². The van der Waals surface area contributed by atoms with Crippen LogP contribution in [-0.2, 0) is 17.7 Å². The quantitative estimate of drug-likeness (QED) is 0.797. The Hall–Kier alpha value is -1.86. The van der Waals surface area contributed by atoms with Crippen molar-refractivity contribution in [3.8, 4) is 0 Å². The maximum absolute atomic E-state index is 12.2. The van der Waals surface area contributed by atoms with Crippen molar-refractivity contribution < 1.29 is 9.53 Å². The Kier molecular flexibility index (Phi) is 5.30. The van der Waals surface area contributed by atoms with Crippen LogP contribution in [0.15, 0.2) is 23.7 Å². The van der Waals surface area contributed by atoms with E-state index >= 15 is 0 Å². The van der Waals surface area contributed by atoms with Crippen LogP contribution in [0.1, 0.15) is 35.7 Å². The second-order valence-corrected chi connectivity index (χ2v) is 6.65. The van der Waals surface area contributed by atoms with Gasteiger partial charge < -0.3 is 10.1 Å². The molecule has 0 bridgehead atoms. The zero-order chi connectivity index (χ0) is 16.1. The summed E-state index contributed by atoms with van der Waals surface area (Å²) in [7, 11) is 1.69. The van der Waals surface area contributed by atoms with Gasteiger partial charge in [-0.15, -0.1) is 11.3 Å². The van der Waals surface area contributed by atoms with Gasteiger partial charge in [0.2, 0.25) is 0 Å². The van der Waals surface area contributed by atoms with Gasteiger partial charge in [-0.1, -0.05) is 0 Å². The van der Waals surface area contributed by atoms with E-state index in [1.54, 1.807) is 18.4 Å². The fourth-order valence-electron chi connectivity index (χ4n) is 2.87. The Morgan fingerprint density at radius 3 is 3.30 bits per heavy atom. The van der Waals surface area contributed by atoms with Gasteiger partial charge in [-0.3, -0.25) is 10.00 Å². The number of hydrogen-bond donors (Lipinski definition) is 2. The summed E-state index contributed by atoms with van der Waals surface area (Å²) in [4.78, 5) is 13.6. The lowest BCUT2D eigenvalue weighted by Crippen LogP contribution is -2.34. The number of anilines is 1. The molecule has 0 spiro atoms. The summed E-state index contributed by atoms with van der Waals surface area (Å²) in [5.41, 5.74) is 1.27. The maximum Gasteiger partial charge on any atom is 0.320 e. The van der Waals surface area contributed by atoms with Crippen LogP contribution < -0.4 is 10.6 Å². The van der Waals surface area contributed by atoms with Crippen LogP contribution in [0, 0.1) is 0 Å². The highest BCUT2D eigenvalue weighted by Crippen LogP contribution is 2.33. The molecule has 2 aromatic rings. The van der Waals surface area contributed by atoms with Gasteiger partial charge in [-0.2, -0.15) is 5.10 Å². The lowest BCUT2D eigenvalue weighted by Gasteiger charge is -2.23. The van der Waals surface area contributed by atoms with Gasteiger partial charge in [-0.05, 0) is 42.7 Å². The van der Waals surface area contributed by atoms with Crippen LogP contribution in [0.5, 0.6) is 0 Å². The predicted molar refractivity (Wildman–Crippen MR) is 90.9 cm³/mol. The van der Waals surface area contributed by atoms with Crippen molar-refractivity contribution in [3.63, 3.8) is 0 Å². The first-order chi connectivity index (χ1) is 11.3. The number of rotatable bonds is 6. The van der Waals surface area contributed by atoms with Crippen LogP contribution in [0.2, 0.25) is 0 Å². The molecule has 1 aliphatic rings. The molecule has 124 valence electrons. The third-order valence-corrected chi connectivity index (χ3v) is 4.97. The number of aromatic nitrogens is 2. The molecule has 2 aromatic heterocycles. The standard InChI is InChI=1S/C16H22N4O2S/c1-22-10-3-8-20-9-6-15(19-20)18-16(21)17-13-4-2-5-14-12(13)7-11-23-14/h6-7,9,11,13H,2-5,8,10H2,1H3,(H2,17,18,19,21)/t13-/m1/s1. The number of nitrogens with zero attached hydrogens (tertiary/aromatic N) is 2. The van der Waals surface area contributed by atoms with E-state index in [-0.39, 0.29) is 12.1 Å². The van der Waals surface area contributed by atoms with Gasteiger partial charge in [0.25, 0.3) is 0 Å². The fraction of sp³-hybridized carbons (Fsp3) is 0.500. The molecule has 3 rings (SSSR count). The van der Waals surface area contributed by atoms with Crippen molar-refractivity contribution in [2.75, 3.05) is 19.0 Å². The molecule has 23 heavy (non-hydrogen) atoms. The number of urea groups is 1. The molecule has 0 aliphatic heterocycles. The van der Waals surface area contributed by atoms with E-state index in [0.717, 1.165) is 32.2 Å². The summed E-state index contributed by atoms with van der Waals surface area (Å²) in [6.07, 6.45) is 5.99. The largest absolute Gasteiger partial charge is 0.385 e. The van der Waals surface area contributed by atoms with Crippen LogP contribution >= 0.6 is 11.3 Å². The molecule has 1 atom stereocenters. The SMILES string of the molecule is COCCCn1ccc(NC(=O)N[C@@H]2CCCc3sccc32)n1. The Morgan fingerprint density at radius 2 is 2.43 bits per heavy atom. The summed E-state index contributed by atoms with van der Waals surface area (Å²) in [6.45, 7) is 1.48. The number of ether oxygens (including phenoxy) is 1. The Morgan fingerprint density at radius 1 is 1.52 bits per heavy atom. The summed E-state index contributed by atoms with van der Waals surface area (Å²) in [5.74, 6) is 0.571. The van der Waals surface area contributed by atoms with Gasteiger partial charge in [0, 0.05) is 37.4 Å². The number of fused-ring (bicyclic) bond motifs is 1. The number of carbonyl (C=O) groups is 1. The monoisotopic (exact) mass is 334 g/mol. The first kappa shape index (κ1) is 16.0. The Bertz CT molecular complexity index is 652. The smallest absolute Gasteiger partial charge is 0.320 e. The second kappa shape index (κ2) is 7.61. The summed E-state index contributed by atoms with van der Waals surface area (Å²) < 4.78 is 6.83. The molecule has 2 N–H and O–H groups in total. The van der Waals surface area contributed by atoms with Crippen LogP contribution in [0.3, 0.4) is 0 Å². The minimum absolute atomic E-state index is 0.105. The van der Waals surface area contributed by atoms with Gasteiger partial charge in [0.05, 0.1) is 6.04 Å². The molecule has 0 radical (unpaired) electrons. The first-order valence-corrected chi connectivity index (χ1v) is 8.80. The topological polar surface area (TPSA) is 68.2 Å². The number of methoxy groups -OCH3 is 1. The minimum Gasteiger partial charge on any atom is -0.385 e. The molecule has 0 saturated carbocycles. The van der Waals surface area contributed by atoms with Crippen molar-refractivity contribution in [1.29, 1.82) is 0 Å². The number of nitrogens with one attached hydrogen (secondary N) is 2. The number of aryl methyl sites for hydroxylation is 2. The highest BCUT2D eigenvalue weighted by atomic mass is 32.1. The Balaban J connectivity index is 1.52. The van der Waals surface area contributed by atoms with E-state index in [9.17, 15) is 4.79 Å². The number of amides is 2. The summed E-state index contributed by atoms with van der Waals surface area (Å²) >= 11 is 1.78. The molecular formula is C16H22N4O2S. The zero-order valence-corrected chi connectivity index (χ0v) is 14.1. The van der Waals surface area contributed by atoms with E-state index in [1.807, 2.05) is 16.9 Å². The van der Waals surface area contributed by atoms with Crippen molar-refractivity contribution in [3.05, 3.63) is 34.2 Å². The highest BCUT2D eigenvalue weighted by molar-refractivity contribution is 7.10. The van der Waals surface area contributed by atoms with E-state index < -0.39 is 0 Å².